The number of methoxy groups -OCH3 is 1. The van der Waals surface area contributed by atoms with Gasteiger partial charge in [-0.15, -0.1) is 0 Å². The molecule has 3 aromatic rings. The van der Waals surface area contributed by atoms with E-state index in [0.29, 0.717) is 12.8 Å². The van der Waals surface area contributed by atoms with E-state index in [0.717, 1.165) is 28.2 Å². The molecule has 1 aliphatic heterocycles. The molecule has 0 fully saturated rings. The molecular formula is C27H29NO3. The van der Waals surface area contributed by atoms with E-state index >= 15 is 0 Å². The molecule has 3 aromatic carbocycles. The Morgan fingerprint density at radius 3 is 2.23 bits per heavy atom. The lowest BCUT2D eigenvalue weighted by molar-refractivity contribution is -0.122. The lowest BCUT2D eigenvalue weighted by Crippen LogP contribution is -2.41. The number of rotatable bonds is 6. The van der Waals surface area contributed by atoms with Crippen molar-refractivity contribution in [3.8, 4) is 11.5 Å². The summed E-state index contributed by atoms with van der Waals surface area (Å²) in [6, 6.07) is 26.1. The second kappa shape index (κ2) is 8.84. The van der Waals surface area contributed by atoms with Crippen LogP contribution in [-0.2, 0) is 4.79 Å². The van der Waals surface area contributed by atoms with Gasteiger partial charge >= 0.3 is 0 Å². The molecule has 1 atom stereocenters. The van der Waals surface area contributed by atoms with Crippen molar-refractivity contribution in [2.24, 2.45) is 0 Å². The topological polar surface area (TPSA) is 47.6 Å². The third-order valence-corrected chi connectivity index (χ3v) is 5.81. The van der Waals surface area contributed by atoms with Crippen LogP contribution in [0.4, 0.5) is 0 Å². The first-order chi connectivity index (χ1) is 14.9. The van der Waals surface area contributed by atoms with E-state index in [1.165, 1.54) is 0 Å². The molecule has 0 unspecified atom stereocenters. The van der Waals surface area contributed by atoms with Gasteiger partial charge in [0.2, 0.25) is 5.91 Å². The average molecular weight is 416 g/mol. The molecule has 0 saturated carbocycles. The zero-order valence-corrected chi connectivity index (χ0v) is 18.3. The van der Waals surface area contributed by atoms with Crippen LogP contribution in [0, 0.1) is 0 Å². The van der Waals surface area contributed by atoms with Gasteiger partial charge in [-0.25, -0.2) is 0 Å². The fourth-order valence-corrected chi connectivity index (χ4v) is 4.33. The van der Waals surface area contributed by atoms with Crippen LogP contribution in [-0.4, -0.2) is 18.6 Å². The van der Waals surface area contributed by atoms with Gasteiger partial charge in [0.25, 0.3) is 0 Å². The molecule has 0 aliphatic carbocycles. The number of ether oxygens (including phenoxy) is 2. The predicted molar refractivity (Wildman–Crippen MR) is 123 cm³/mol. The molecule has 4 rings (SSSR count). The van der Waals surface area contributed by atoms with E-state index in [-0.39, 0.29) is 23.5 Å². The van der Waals surface area contributed by atoms with Crippen LogP contribution in [0.25, 0.3) is 0 Å². The molecule has 1 aliphatic rings. The first-order valence-corrected chi connectivity index (χ1v) is 10.7. The second-order valence-electron chi connectivity index (χ2n) is 8.67. The van der Waals surface area contributed by atoms with E-state index in [4.69, 9.17) is 9.47 Å². The highest BCUT2D eigenvalue weighted by Gasteiger charge is 2.35. The maximum atomic E-state index is 13.2. The summed E-state index contributed by atoms with van der Waals surface area (Å²) < 4.78 is 11.5. The maximum absolute atomic E-state index is 13.2. The van der Waals surface area contributed by atoms with E-state index in [9.17, 15) is 4.79 Å². The van der Waals surface area contributed by atoms with Gasteiger partial charge in [-0.1, -0.05) is 60.7 Å². The Balaban J connectivity index is 1.57. The van der Waals surface area contributed by atoms with Crippen molar-refractivity contribution in [1.82, 2.24) is 5.32 Å². The zero-order chi connectivity index (χ0) is 21.8. The van der Waals surface area contributed by atoms with Gasteiger partial charge in [-0.05, 0) is 37.1 Å². The summed E-state index contributed by atoms with van der Waals surface area (Å²) >= 11 is 0. The maximum Gasteiger partial charge on any atom is 0.221 e. The quantitative estimate of drug-likeness (QED) is 0.567. The predicted octanol–water partition coefficient (Wildman–Crippen LogP) is 5.64. The van der Waals surface area contributed by atoms with E-state index in [1.807, 2.05) is 68.4 Å². The van der Waals surface area contributed by atoms with Crippen molar-refractivity contribution in [3.05, 3.63) is 95.6 Å². The number of hydrogen-bond acceptors (Lipinski definition) is 3. The molecule has 1 heterocycles. The Morgan fingerprint density at radius 2 is 1.65 bits per heavy atom. The first-order valence-electron chi connectivity index (χ1n) is 10.7. The van der Waals surface area contributed by atoms with Crippen molar-refractivity contribution in [1.29, 1.82) is 0 Å². The van der Waals surface area contributed by atoms with Crippen LogP contribution in [0.1, 0.15) is 55.3 Å². The van der Waals surface area contributed by atoms with Crippen LogP contribution in [0.5, 0.6) is 11.5 Å². The minimum absolute atomic E-state index is 0.00517. The van der Waals surface area contributed by atoms with Gasteiger partial charge in [0.05, 0.1) is 13.2 Å². The number of carbonyl (C=O) groups excluding carboxylic acids is 1. The van der Waals surface area contributed by atoms with Crippen LogP contribution in [0.3, 0.4) is 0 Å². The van der Waals surface area contributed by atoms with Crippen molar-refractivity contribution in [2.75, 3.05) is 7.11 Å². The fraction of sp³-hybridized carbons (Fsp3) is 0.296. The number of carbonyl (C=O) groups is 1. The molecule has 0 bridgehead atoms. The largest absolute Gasteiger partial charge is 0.497 e. The summed E-state index contributed by atoms with van der Waals surface area (Å²) in [5, 5.41) is 3.28. The van der Waals surface area contributed by atoms with Crippen molar-refractivity contribution >= 4 is 5.91 Å². The summed E-state index contributed by atoms with van der Waals surface area (Å²) in [5.41, 5.74) is 2.89. The number of nitrogens with one attached hydrogen (secondary N) is 1. The lowest BCUT2D eigenvalue weighted by atomic mass is 9.87. The van der Waals surface area contributed by atoms with Gasteiger partial charge in [0.15, 0.2) is 0 Å². The molecular weight excluding hydrogens is 386 g/mol. The molecule has 1 N–H and O–H groups in total. The van der Waals surface area contributed by atoms with E-state index in [1.54, 1.807) is 7.11 Å². The highest BCUT2D eigenvalue weighted by Crippen LogP contribution is 2.41. The Hall–Kier alpha value is -3.27. The summed E-state index contributed by atoms with van der Waals surface area (Å²) in [6.07, 6.45) is 1.09. The fourth-order valence-electron chi connectivity index (χ4n) is 4.33. The van der Waals surface area contributed by atoms with Gasteiger partial charge in [0.1, 0.15) is 17.1 Å². The first kappa shape index (κ1) is 21.0. The number of hydrogen-bond donors (Lipinski definition) is 1. The number of benzene rings is 3. The second-order valence-corrected chi connectivity index (χ2v) is 8.67. The molecule has 1 amide bonds. The summed E-state index contributed by atoms with van der Waals surface area (Å²) in [4.78, 5) is 13.2. The highest BCUT2D eigenvalue weighted by molar-refractivity contribution is 5.78. The molecule has 4 nitrogen and oxygen atoms in total. The van der Waals surface area contributed by atoms with Crippen molar-refractivity contribution in [2.45, 2.75) is 44.2 Å². The minimum Gasteiger partial charge on any atom is -0.497 e. The SMILES string of the molecule is COc1ccc2c(c1)OC(C)(C)C[C@H]2NC(=O)CC(c1ccccc1)c1ccccc1. The standard InChI is InChI=1S/C27H29NO3/c1-27(2)18-24(22-15-14-21(30-3)16-25(22)31-27)28-26(29)17-23(19-10-6-4-7-11-19)20-12-8-5-9-13-20/h4-16,23-24H,17-18H2,1-3H3,(H,28,29)/t24-/m1/s1. The van der Waals surface area contributed by atoms with Gasteiger partial charge in [-0.3, -0.25) is 4.79 Å². The molecule has 0 spiro atoms. The smallest absolute Gasteiger partial charge is 0.221 e. The summed E-state index contributed by atoms with van der Waals surface area (Å²) in [7, 11) is 1.64. The van der Waals surface area contributed by atoms with E-state index < -0.39 is 0 Å². The highest BCUT2D eigenvalue weighted by atomic mass is 16.5. The van der Waals surface area contributed by atoms with Crippen molar-refractivity contribution in [3.63, 3.8) is 0 Å². The molecule has 4 heteroatoms. The van der Waals surface area contributed by atoms with Gasteiger partial charge in [-0.2, -0.15) is 0 Å². The number of fused-ring (bicyclic) bond motifs is 1. The minimum atomic E-state index is -0.379. The third-order valence-electron chi connectivity index (χ3n) is 5.81. The average Bonchev–Trinajstić information content (AvgIpc) is 2.77. The van der Waals surface area contributed by atoms with Crippen LogP contribution < -0.4 is 14.8 Å². The summed E-state index contributed by atoms with van der Waals surface area (Å²) in [5.74, 6) is 1.55. The Morgan fingerprint density at radius 1 is 1.03 bits per heavy atom. The molecule has 0 saturated heterocycles. The van der Waals surface area contributed by atoms with Gasteiger partial charge in [0, 0.05) is 30.4 Å². The normalized spacial score (nSPS) is 16.8. The molecule has 0 aromatic heterocycles. The Kier molecular flexibility index (Phi) is 5.99. The Bertz CT molecular complexity index is 991. The molecule has 0 radical (unpaired) electrons. The molecule has 160 valence electrons. The lowest BCUT2D eigenvalue weighted by Gasteiger charge is -2.38. The zero-order valence-electron chi connectivity index (χ0n) is 18.3. The van der Waals surface area contributed by atoms with Crippen LogP contribution in [0.2, 0.25) is 0 Å². The van der Waals surface area contributed by atoms with Crippen LogP contribution in [0.15, 0.2) is 78.9 Å². The third kappa shape index (κ3) is 4.91. The van der Waals surface area contributed by atoms with E-state index in [2.05, 4.69) is 29.6 Å². The Labute approximate surface area is 184 Å². The number of amides is 1. The molecule has 31 heavy (non-hydrogen) atoms. The van der Waals surface area contributed by atoms with Gasteiger partial charge < -0.3 is 14.8 Å². The summed E-state index contributed by atoms with van der Waals surface area (Å²) in [6.45, 7) is 4.09. The van der Waals surface area contributed by atoms with Crippen molar-refractivity contribution < 1.29 is 14.3 Å². The monoisotopic (exact) mass is 415 g/mol. The van der Waals surface area contributed by atoms with Crippen LogP contribution >= 0.6 is 0 Å².